The van der Waals surface area contributed by atoms with Crippen molar-refractivity contribution in [1.82, 2.24) is 20.6 Å². The summed E-state index contributed by atoms with van der Waals surface area (Å²) in [5.41, 5.74) is 0.535. The van der Waals surface area contributed by atoms with Crippen LogP contribution in [0.5, 0.6) is 0 Å². The van der Waals surface area contributed by atoms with Gasteiger partial charge in [0.1, 0.15) is 17.6 Å². The number of carbonyl (C=O) groups excluding carboxylic acids is 2. The lowest BCUT2D eigenvalue weighted by atomic mass is 10.0. The predicted molar refractivity (Wildman–Crippen MR) is 101 cm³/mol. The molecule has 2 heterocycles. The molecular weight excluding hydrogens is 379 g/mol. The quantitative estimate of drug-likeness (QED) is 0.591. The molecule has 29 heavy (non-hydrogen) atoms. The first kappa shape index (κ1) is 20.6. The Morgan fingerprint density at radius 2 is 2.03 bits per heavy atom. The highest BCUT2D eigenvalue weighted by Gasteiger charge is 2.29. The smallest absolute Gasteiger partial charge is 0.272 e. The van der Waals surface area contributed by atoms with Crippen LogP contribution in [0.4, 0.5) is 4.39 Å². The largest absolute Gasteiger partial charge is 0.394 e. The fraction of sp³-hybridized carbons (Fsp3) is 0.300. The Morgan fingerprint density at radius 3 is 2.76 bits per heavy atom. The Bertz CT molecular complexity index is 878. The number of halogens is 1. The Hall–Kier alpha value is -3.17. The molecule has 0 saturated carbocycles. The van der Waals surface area contributed by atoms with Crippen LogP contribution in [0.1, 0.15) is 22.5 Å². The summed E-state index contributed by atoms with van der Waals surface area (Å²) in [7, 11) is 0. The molecule has 0 bridgehead atoms. The molecule has 1 aliphatic rings. The Balaban J connectivity index is 1.53. The van der Waals surface area contributed by atoms with Crippen LogP contribution < -0.4 is 10.6 Å². The summed E-state index contributed by atoms with van der Waals surface area (Å²) in [6, 6.07) is 5.62. The van der Waals surface area contributed by atoms with Crippen LogP contribution in [-0.2, 0) is 16.1 Å². The van der Waals surface area contributed by atoms with E-state index in [-0.39, 0.29) is 37.0 Å². The van der Waals surface area contributed by atoms with E-state index in [0.717, 1.165) is 0 Å². The molecular formula is C20H21FN4O4. The van der Waals surface area contributed by atoms with E-state index in [0.29, 0.717) is 5.56 Å². The summed E-state index contributed by atoms with van der Waals surface area (Å²) in [5, 5.41) is 15.0. The molecule has 8 nitrogen and oxygen atoms in total. The van der Waals surface area contributed by atoms with Gasteiger partial charge in [0.05, 0.1) is 31.4 Å². The van der Waals surface area contributed by atoms with Gasteiger partial charge in [-0.1, -0.05) is 30.4 Å². The normalized spacial score (nSPS) is 20.8. The van der Waals surface area contributed by atoms with Gasteiger partial charge in [-0.25, -0.2) is 9.37 Å². The number of rotatable bonds is 7. The number of ether oxygens (including phenoxy) is 1. The Kier molecular flexibility index (Phi) is 6.99. The van der Waals surface area contributed by atoms with Crippen LogP contribution in [0.15, 0.2) is 55.0 Å². The van der Waals surface area contributed by atoms with Crippen molar-refractivity contribution < 1.29 is 23.8 Å². The van der Waals surface area contributed by atoms with Gasteiger partial charge in [-0.05, 0) is 6.07 Å². The van der Waals surface area contributed by atoms with Crippen LogP contribution in [0.3, 0.4) is 0 Å². The molecule has 1 aromatic heterocycles. The second kappa shape index (κ2) is 9.85. The lowest BCUT2D eigenvalue weighted by Crippen LogP contribution is -2.49. The van der Waals surface area contributed by atoms with E-state index in [1.165, 1.54) is 24.7 Å². The van der Waals surface area contributed by atoms with Crippen LogP contribution in [0.25, 0.3) is 0 Å². The molecule has 2 aromatic rings. The van der Waals surface area contributed by atoms with Crippen molar-refractivity contribution >= 4 is 11.8 Å². The molecule has 3 atom stereocenters. The van der Waals surface area contributed by atoms with E-state index in [9.17, 15) is 19.1 Å². The van der Waals surface area contributed by atoms with Gasteiger partial charge in [0, 0.05) is 24.5 Å². The van der Waals surface area contributed by atoms with Crippen molar-refractivity contribution in [2.75, 3.05) is 6.61 Å². The average molecular weight is 400 g/mol. The van der Waals surface area contributed by atoms with E-state index in [1.807, 2.05) is 0 Å². The minimum Gasteiger partial charge on any atom is -0.394 e. The zero-order chi connectivity index (χ0) is 20.6. The van der Waals surface area contributed by atoms with Crippen molar-refractivity contribution in [2.24, 2.45) is 0 Å². The second-order valence-corrected chi connectivity index (χ2v) is 6.44. The molecule has 1 aromatic carbocycles. The number of aliphatic hydroxyl groups excluding tert-OH is 1. The molecule has 0 unspecified atom stereocenters. The highest BCUT2D eigenvalue weighted by molar-refractivity contribution is 5.92. The highest BCUT2D eigenvalue weighted by Crippen LogP contribution is 2.16. The molecule has 3 rings (SSSR count). The van der Waals surface area contributed by atoms with Gasteiger partial charge >= 0.3 is 0 Å². The van der Waals surface area contributed by atoms with Crippen LogP contribution in [0, 0.1) is 5.82 Å². The maximum Gasteiger partial charge on any atom is 0.272 e. The first-order valence-electron chi connectivity index (χ1n) is 9.08. The van der Waals surface area contributed by atoms with Gasteiger partial charge in [-0.15, -0.1) is 0 Å². The number of nitrogens with zero attached hydrogens (tertiary/aromatic N) is 2. The lowest BCUT2D eigenvalue weighted by molar-refractivity contribution is -0.125. The minimum absolute atomic E-state index is 0.00623. The molecule has 0 spiro atoms. The van der Waals surface area contributed by atoms with E-state index in [1.54, 1.807) is 30.4 Å². The summed E-state index contributed by atoms with van der Waals surface area (Å²) in [6.07, 6.45) is 6.23. The maximum absolute atomic E-state index is 13.6. The fourth-order valence-corrected chi connectivity index (χ4v) is 2.87. The number of hydrogen-bond acceptors (Lipinski definition) is 6. The Labute approximate surface area is 166 Å². The molecule has 152 valence electrons. The van der Waals surface area contributed by atoms with Crippen LogP contribution >= 0.6 is 0 Å². The number of aliphatic hydroxyl groups is 1. The summed E-state index contributed by atoms with van der Waals surface area (Å²) >= 11 is 0. The average Bonchev–Trinajstić information content (AvgIpc) is 2.74. The van der Waals surface area contributed by atoms with Crippen molar-refractivity contribution in [2.45, 2.75) is 31.2 Å². The van der Waals surface area contributed by atoms with Crippen molar-refractivity contribution in [3.8, 4) is 0 Å². The van der Waals surface area contributed by atoms with Crippen LogP contribution in [-0.4, -0.2) is 51.7 Å². The van der Waals surface area contributed by atoms with E-state index >= 15 is 0 Å². The summed E-state index contributed by atoms with van der Waals surface area (Å²) in [6.45, 7) is -0.273. The van der Waals surface area contributed by atoms with E-state index in [2.05, 4.69) is 20.6 Å². The lowest BCUT2D eigenvalue weighted by Gasteiger charge is -2.31. The first-order chi connectivity index (χ1) is 14.1. The van der Waals surface area contributed by atoms with Gasteiger partial charge in [-0.3, -0.25) is 14.6 Å². The molecule has 2 amide bonds. The topological polar surface area (TPSA) is 113 Å². The summed E-state index contributed by atoms with van der Waals surface area (Å²) in [4.78, 5) is 32.1. The Morgan fingerprint density at radius 1 is 1.21 bits per heavy atom. The zero-order valence-corrected chi connectivity index (χ0v) is 15.5. The third kappa shape index (κ3) is 5.66. The van der Waals surface area contributed by atoms with Gasteiger partial charge in [0.25, 0.3) is 5.91 Å². The van der Waals surface area contributed by atoms with E-state index < -0.39 is 24.2 Å². The number of hydrogen-bond donors (Lipinski definition) is 3. The predicted octanol–water partition coefficient (Wildman–Crippen LogP) is 0.737. The minimum atomic E-state index is -0.718. The van der Waals surface area contributed by atoms with E-state index in [4.69, 9.17) is 4.74 Å². The second-order valence-electron chi connectivity index (χ2n) is 6.44. The molecule has 0 aliphatic carbocycles. The summed E-state index contributed by atoms with van der Waals surface area (Å²) < 4.78 is 19.3. The van der Waals surface area contributed by atoms with Gasteiger partial charge in [-0.2, -0.15) is 0 Å². The molecule has 0 saturated heterocycles. The summed E-state index contributed by atoms with van der Waals surface area (Å²) in [5.74, 6) is -1.15. The number of nitrogens with one attached hydrogen (secondary N) is 2. The van der Waals surface area contributed by atoms with Gasteiger partial charge in [0.15, 0.2) is 0 Å². The van der Waals surface area contributed by atoms with Gasteiger partial charge < -0.3 is 20.5 Å². The number of carbonyl (C=O) groups is 2. The number of aromatic nitrogens is 2. The first-order valence-corrected chi connectivity index (χ1v) is 9.08. The number of amides is 2. The highest BCUT2D eigenvalue weighted by atomic mass is 19.1. The third-order valence-electron chi connectivity index (χ3n) is 4.38. The molecule has 1 aliphatic heterocycles. The molecule has 9 heteroatoms. The third-order valence-corrected chi connectivity index (χ3v) is 4.38. The standard InChI is InChI=1S/C20H21FN4O4/c21-15-4-2-1-3-13(15)10-24-19(27)9-14-5-6-16(18(12-26)29-14)25-20(28)17-11-22-7-8-23-17/h1-8,11,14,16,18,26H,9-10,12H2,(H,24,27)(H,25,28)/t14-,16-,18+/m1/s1. The van der Waals surface area contributed by atoms with Crippen molar-refractivity contribution in [1.29, 1.82) is 0 Å². The number of benzene rings is 1. The fourth-order valence-electron chi connectivity index (χ4n) is 2.87. The SMILES string of the molecule is O=C(C[C@H]1C=C[C@@H](NC(=O)c2cnccn2)[C@H](CO)O1)NCc1ccccc1F. The zero-order valence-electron chi connectivity index (χ0n) is 15.5. The molecule has 0 radical (unpaired) electrons. The monoisotopic (exact) mass is 400 g/mol. The molecule has 3 N–H and O–H groups in total. The van der Waals surface area contributed by atoms with Gasteiger partial charge in [0.2, 0.25) is 5.91 Å². The van der Waals surface area contributed by atoms with Crippen molar-refractivity contribution in [3.05, 3.63) is 72.1 Å². The molecule has 0 fully saturated rings. The van der Waals surface area contributed by atoms with Crippen LogP contribution in [0.2, 0.25) is 0 Å². The van der Waals surface area contributed by atoms with Crippen molar-refractivity contribution in [3.63, 3.8) is 0 Å². The maximum atomic E-state index is 13.6.